The minimum Gasteiger partial charge on any atom is -0.496 e. The predicted octanol–water partition coefficient (Wildman–Crippen LogP) is 1.06. The highest BCUT2D eigenvalue weighted by Gasteiger charge is 2.33. The van der Waals surface area contributed by atoms with Gasteiger partial charge >= 0.3 is 0 Å². The molecule has 3 rings (SSSR count). The molecule has 0 aliphatic carbocycles. The first-order valence-corrected chi connectivity index (χ1v) is 6.43. The minimum absolute atomic E-state index is 0.442. The number of nitrogens with zero attached hydrogens (tertiary/aromatic N) is 3. The number of fused-ring (bicyclic) bond motifs is 1. The average Bonchev–Trinajstić information content (AvgIpc) is 2.93. The Labute approximate surface area is 121 Å². The first-order valence-electron chi connectivity index (χ1n) is 6.43. The molecular weight excluding hydrogens is 270 g/mol. The number of benzene rings is 1. The largest absolute Gasteiger partial charge is 0.496 e. The molecule has 2 heterocycles. The quantitative estimate of drug-likeness (QED) is 0.879. The molecule has 1 amide bonds. The number of methoxy groups -OCH3 is 1. The maximum absolute atomic E-state index is 11.9. The molecule has 1 aromatic heterocycles. The number of rotatable bonds is 3. The van der Waals surface area contributed by atoms with Gasteiger partial charge in [-0.1, -0.05) is 18.2 Å². The van der Waals surface area contributed by atoms with Crippen LogP contribution in [-0.2, 0) is 4.79 Å². The molecule has 3 N–H and O–H groups in total. The van der Waals surface area contributed by atoms with E-state index in [0.29, 0.717) is 23.0 Å². The molecule has 108 valence electrons. The van der Waals surface area contributed by atoms with Crippen LogP contribution in [0.4, 0.5) is 5.95 Å². The number of hydrogen-bond acceptors (Lipinski definition) is 5. The van der Waals surface area contributed by atoms with Gasteiger partial charge in [0.1, 0.15) is 18.1 Å². The Morgan fingerprint density at radius 2 is 2.19 bits per heavy atom. The van der Waals surface area contributed by atoms with Crippen molar-refractivity contribution in [3.63, 3.8) is 0 Å². The summed E-state index contributed by atoms with van der Waals surface area (Å²) >= 11 is 0. The maximum Gasteiger partial charge on any atom is 0.248 e. The zero-order chi connectivity index (χ0) is 15.0. The van der Waals surface area contributed by atoms with Gasteiger partial charge in [-0.2, -0.15) is 10.1 Å². The zero-order valence-electron chi connectivity index (χ0n) is 11.7. The highest BCUT2D eigenvalue weighted by molar-refractivity contribution is 5.95. The van der Waals surface area contributed by atoms with Crippen LogP contribution in [0.25, 0.3) is 0 Å². The summed E-state index contributed by atoms with van der Waals surface area (Å²) in [5.74, 6) is 0.725. The van der Waals surface area contributed by atoms with Crippen molar-refractivity contribution in [2.45, 2.75) is 13.0 Å². The molecule has 1 aromatic carbocycles. The van der Waals surface area contributed by atoms with Crippen molar-refractivity contribution < 1.29 is 9.53 Å². The zero-order valence-corrected chi connectivity index (χ0v) is 11.7. The van der Waals surface area contributed by atoms with E-state index < -0.39 is 11.9 Å². The van der Waals surface area contributed by atoms with Gasteiger partial charge in [-0.15, -0.1) is 0 Å². The van der Waals surface area contributed by atoms with E-state index in [4.69, 9.17) is 10.5 Å². The van der Waals surface area contributed by atoms with E-state index in [1.807, 2.05) is 24.3 Å². The van der Waals surface area contributed by atoms with E-state index in [9.17, 15) is 4.79 Å². The first-order chi connectivity index (χ1) is 10.1. The molecule has 0 fully saturated rings. The number of para-hydroxylation sites is 1. The fraction of sp³-hybridized carbons (Fsp3) is 0.214. The lowest BCUT2D eigenvalue weighted by Crippen LogP contribution is -2.32. The smallest absolute Gasteiger partial charge is 0.248 e. The van der Waals surface area contributed by atoms with Gasteiger partial charge in [0.05, 0.1) is 12.7 Å². The molecule has 0 unspecified atom stereocenters. The minimum atomic E-state index is -0.503. The molecule has 21 heavy (non-hydrogen) atoms. The lowest BCUT2D eigenvalue weighted by atomic mass is 9.94. The van der Waals surface area contributed by atoms with Crippen LogP contribution in [0.3, 0.4) is 0 Å². The molecule has 0 bridgehead atoms. The summed E-state index contributed by atoms with van der Waals surface area (Å²) in [6.45, 7) is 1.79. The Hall–Kier alpha value is -2.83. The third kappa shape index (κ3) is 2.03. The number of carbonyl (C=O) groups excluding carboxylic acids is 1. The number of primary amides is 1. The van der Waals surface area contributed by atoms with Gasteiger partial charge in [0.25, 0.3) is 0 Å². The van der Waals surface area contributed by atoms with Crippen molar-refractivity contribution in [2.75, 3.05) is 12.4 Å². The van der Waals surface area contributed by atoms with Crippen molar-refractivity contribution in [1.82, 2.24) is 14.8 Å². The number of aromatic nitrogens is 3. The molecule has 1 atom stereocenters. The van der Waals surface area contributed by atoms with E-state index in [0.717, 1.165) is 5.56 Å². The van der Waals surface area contributed by atoms with Gasteiger partial charge in [0.2, 0.25) is 11.9 Å². The van der Waals surface area contributed by atoms with Crippen LogP contribution in [0.2, 0.25) is 0 Å². The lowest BCUT2D eigenvalue weighted by Gasteiger charge is -2.28. The third-order valence-electron chi connectivity index (χ3n) is 3.49. The van der Waals surface area contributed by atoms with Crippen LogP contribution in [0.1, 0.15) is 18.5 Å². The van der Waals surface area contributed by atoms with Crippen molar-refractivity contribution >= 4 is 11.9 Å². The van der Waals surface area contributed by atoms with Crippen LogP contribution in [0, 0.1) is 0 Å². The van der Waals surface area contributed by atoms with Crippen LogP contribution >= 0.6 is 0 Å². The topological polar surface area (TPSA) is 95.1 Å². The van der Waals surface area contributed by atoms with Crippen LogP contribution in [-0.4, -0.2) is 27.8 Å². The Kier molecular flexibility index (Phi) is 3.09. The second-order valence-electron chi connectivity index (χ2n) is 4.70. The molecule has 2 aromatic rings. The van der Waals surface area contributed by atoms with Crippen molar-refractivity contribution in [1.29, 1.82) is 0 Å². The van der Waals surface area contributed by atoms with E-state index in [-0.39, 0.29) is 0 Å². The second kappa shape index (κ2) is 4.93. The van der Waals surface area contributed by atoms with Gasteiger partial charge in [-0.05, 0) is 13.0 Å². The van der Waals surface area contributed by atoms with Crippen LogP contribution in [0.15, 0.2) is 41.9 Å². The van der Waals surface area contributed by atoms with Crippen molar-refractivity contribution in [3.05, 3.63) is 47.4 Å². The predicted molar refractivity (Wildman–Crippen MR) is 76.7 cm³/mol. The molecule has 7 nitrogen and oxygen atoms in total. The molecule has 7 heteroatoms. The van der Waals surface area contributed by atoms with Crippen molar-refractivity contribution in [2.24, 2.45) is 5.73 Å². The van der Waals surface area contributed by atoms with E-state index >= 15 is 0 Å². The number of hydrogen-bond donors (Lipinski definition) is 2. The van der Waals surface area contributed by atoms with Crippen LogP contribution in [0.5, 0.6) is 5.75 Å². The monoisotopic (exact) mass is 285 g/mol. The molecule has 1 aliphatic rings. The number of carbonyl (C=O) groups is 1. The normalized spacial score (nSPS) is 17.1. The summed E-state index contributed by atoms with van der Waals surface area (Å²) in [4.78, 5) is 16.0. The fourth-order valence-electron chi connectivity index (χ4n) is 2.59. The molecule has 0 spiro atoms. The van der Waals surface area contributed by atoms with E-state index in [1.54, 1.807) is 18.7 Å². The van der Waals surface area contributed by atoms with Gasteiger partial charge in [0.15, 0.2) is 0 Å². The number of nitrogens with two attached hydrogens (primary N) is 1. The summed E-state index contributed by atoms with van der Waals surface area (Å²) in [6.07, 6.45) is 1.43. The average molecular weight is 285 g/mol. The SMILES string of the molecule is COc1ccccc1[C@@H]1C(C(N)=O)=C(C)Nc2ncnn21. The second-order valence-corrected chi connectivity index (χ2v) is 4.70. The number of allylic oxidation sites excluding steroid dienone is 1. The number of anilines is 1. The molecule has 0 saturated carbocycles. The Balaban J connectivity index is 2.25. The summed E-state index contributed by atoms with van der Waals surface area (Å²) < 4.78 is 7.03. The summed E-state index contributed by atoms with van der Waals surface area (Å²) in [7, 11) is 1.59. The van der Waals surface area contributed by atoms with E-state index in [1.165, 1.54) is 6.33 Å². The Bertz CT molecular complexity index is 734. The summed E-state index contributed by atoms with van der Waals surface area (Å²) in [5, 5.41) is 7.24. The highest BCUT2D eigenvalue weighted by Crippen LogP contribution is 2.38. The molecular formula is C14H15N5O2. The molecule has 1 aliphatic heterocycles. The van der Waals surface area contributed by atoms with Gasteiger partial charge < -0.3 is 15.8 Å². The number of nitrogens with one attached hydrogen (secondary N) is 1. The first kappa shape index (κ1) is 13.2. The summed E-state index contributed by atoms with van der Waals surface area (Å²) in [5.41, 5.74) is 7.48. The fourth-order valence-corrected chi connectivity index (χ4v) is 2.59. The number of amides is 1. The lowest BCUT2D eigenvalue weighted by molar-refractivity contribution is -0.115. The van der Waals surface area contributed by atoms with Gasteiger partial charge in [-0.3, -0.25) is 4.79 Å². The molecule has 0 radical (unpaired) electrons. The number of ether oxygens (including phenoxy) is 1. The highest BCUT2D eigenvalue weighted by atomic mass is 16.5. The standard InChI is InChI=1S/C14H15N5O2/c1-8-11(13(15)20)12(19-14(18-8)16-7-17-19)9-5-3-4-6-10(9)21-2/h3-7,12H,1-2H3,(H2,15,20)(H,16,17,18)/t12-/m1/s1. The third-order valence-corrected chi connectivity index (χ3v) is 3.49. The van der Waals surface area contributed by atoms with E-state index in [2.05, 4.69) is 15.4 Å². The Morgan fingerprint density at radius 1 is 1.43 bits per heavy atom. The van der Waals surface area contributed by atoms with Gasteiger partial charge in [-0.25, -0.2) is 4.68 Å². The van der Waals surface area contributed by atoms with Crippen LogP contribution < -0.4 is 15.8 Å². The maximum atomic E-state index is 11.9. The summed E-state index contributed by atoms with van der Waals surface area (Å²) in [6, 6.07) is 7.01. The van der Waals surface area contributed by atoms with Crippen molar-refractivity contribution in [3.8, 4) is 5.75 Å². The Morgan fingerprint density at radius 3 is 2.90 bits per heavy atom. The van der Waals surface area contributed by atoms with Gasteiger partial charge in [0, 0.05) is 11.3 Å². The molecule has 0 saturated heterocycles.